The molecule has 1 heteroatoms. The van der Waals surface area contributed by atoms with Gasteiger partial charge in [0.1, 0.15) is 5.75 Å². The normalized spacial score (nSPS) is 43.6. The van der Waals surface area contributed by atoms with Crippen molar-refractivity contribution in [3.8, 4) is 5.75 Å². The Morgan fingerprint density at radius 2 is 1.89 bits per heavy atom. The highest BCUT2D eigenvalue weighted by atomic mass is 16.3. The summed E-state index contributed by atoms with van der Waals surface area (Å²) in [5.41, 5.74) is 2.42. The summed E-state index contributed by atoms with van der Waals surface area (Å²) >= 11 is 0. The molecule has 0 saturated heterocycles. The molecule has 2 unspecified atom stereocenters. The lowest BCUT2D eigenvalue weighted by molar-refractivity contribution is -0.0738. The molecule has 102 valence electrons. The van der Waals surface area contributed by atoms with E-state index in [4.69, 9.17) is 0 Å². The zero-order valence-electron chi connectivity index (χ0n) is 11.9. The Balaban J connectivity index is 1.78. The van der Waals surface area contributed by atoms with Gasteiger partial charge in [0.05, 0.1) is 0 Å². The number of benzene rings is 1. The van der Waals surface area contributed by atoms with Crippen LogP contribution in [0, 0.1) is 17.3 Å². The van der Waals surface area contributed by atoms with Crippen LogP contribution in [0.1, 0.15) is 57.4 Å². The van der Waals surface area contributed by atoms with E-state index >= 15 is 0 Å². The fourth-order valence-corrected chi connectivity index (χ4v) is 6.04. The Labute approximate surface area is 116 Å². The Morgan fingerprint density at radius 1 is 1.16 bits per heavy atom. The Bertz CT molecular complexity index is 490. The molecule has 5 rings (SSSR count). The highest BCUT2D eigenvalue weighted by Crippen LogP contribution is 2.66. The van der Waals surface area contributed by atoms with Gasteiger partial charge in [0.15, 0.2) is 0 Å². The van der Waals surface area contributed by atoms with Gasteiger partial charge in [0.2, 0.25) is 0 Å². The smallest absolute Gasteiger partial charge is 0.115 e. The number of phenolic OH excluding ortho intramolecular Hbond substituents is 1. The van der Waals surface area contributed by atoms with Gasteiger partial charge in [-0.15, -0.1) is 0 Å². The van der Waals surface area contributed by atoms with Gasteiger partial charge >= 0.3 is 0 Å². The number of phenols is 1. The SMILES string of the molecule is CCC12CC3CC(C1)CC(c1cccc(O)c1)(C3)C2. The van der Waals surface area contributed by atoms with Gasteiger partial charge < -0.3 is 5.11 Å². The van der Waals surface area contributed by atoms with Gasteiger partial charge in [-0.3, -0.25) is 0 Å². The van der Waals surface area contributed by atoms with Crippen molar-refractivity contribution in [2.75, 3.05) is 0 Å². The van der Waals surface area contributed by atoms with E-state index in [1.165, 1.54) is 50.5 Å². The fourth-order valence-electron chi connectivity index (χ4n) is 6.04. The van der Waals surface area contributed by atoms with Crippen LogP contribution in [-0.4, -0.2) is 5.11 Å². The first-order chi connectivity index (χ1) is 9.13. The van der Waals surface area contributed by atoms with Crippen LogP contribution >= 0.6 is 0 Å². The van der Waals surface area contributed by atoms with Gasteiger partial charge in [-0.05, 0) is 78.9 Å². The van der Waals surface area contributed by atoms with Crippen LogP contribution in [0.15, 0.2) is 24.3 Å². The summed E-state index contributed by atoms with van der Waals surface area (Å²) in [6.45, 7) is 2.39. The molecular weight excluding hydrogens is 232 g/mol. The molecule has 0 radical (unpaired) electrons. The van der Waals surface area contributed by atoms with Crippen LogP contribution in [0.5, 0.6) is 5.75 Å². The van der Waals surface area contributed by atoms with Crippen molar-refractivity contribution in [1.82, 2.24) is 0 Å². The van der Waals surface area contributed by atoms with Gasteiger partial charge in [-0.25, -0.2) is 0 Å². The Morgan fingerprint density at radius 3 is 2.53 bits per heavy atom. The summed E-state index contributed by atoms with van der Waals surface area (Å²) in [6, 6.07) is 8.13. The molecule has 4 bridgehead atoms. The lowest BCUT2D eigenvalue weighted by Crippen LogP contribution is -2.53. The zero-order valence-corrected chi connectivity index (χ0v) is 11.9. The van der Waals surface area contributed by atoms with Gasteiger partial charge in [-0.2, -0.15) is 0 Å². The number of rotatable bonds is 2. The Kier molecular flexibility index (Phi) is 2.35. The van der Waals surface area contributed by atoms with Gasteiger partial charge in [0.25, 0.3) is 0 Å². The maximum absolute atomic E-state index is 9.84. The van der Waals surface area contributed by atoms with Crippen molar-refractivity contribution < 1.29 is 5.11 Å². The third-order valence-electron chi connectivity index (χ3n) is 6.39. The van der Waals surface area contributed by atoms with E-state index in [1.807, 2.05) is 12.1 Å². The number of hydrogen-bond acceptors (Lipinski definition) is 1. The average molecular weight is 256 g/mol. The molecule has 0 amide bonds. The third-order valence-corrected chi connectivity index (χ3v) is 6.39. The van der Waals surface area contributed by atoms with Crippen molar-refractivity contribution in [3.05, 3.63) is 29.8 Å². The summed E-state index contributed by atoms with van der Waals surface area (Å²) in [4.78, 5) is 0. The first-order valence-corrected chi connectivity index (χ1v) is 7.93. The summed E-state index contributed by atoms with van der Waals surface area (Å²) in [5, 5.41) is 9.84. The van der Waals surface area contributed by atoms with Gasteiger partial charge in [0, 0.05) is 0 Å². The first-order valence-electron chi connectivity index (χ1n) is 7.93. The van der Waals surface area contributed by atoms with Crippen molar-refractivity contribution >= 4 is 0 Å². The average Bonchev–Trinajstić information content (AvgIpc) is 2.37. The van der Waals surface area contributed by atoms with E-state index < -0.39 is 0 Å². The maximum atomic E-state index is 9.84. The molecule has 1 aromatic rings. The highest BCUT2D eigenvalue weighted by Gasteiger charge is 2.57. The summed E-state index contributed by atoms with van der Waals surface area (Å²) in [6.07, 6.45) is 9.88. The molecule has 4 aliphatic rings. The second kappa shape index (κ2) is 3.77. The molecule has 1 nitrogen and oxygen atoms in total. The minimum atomic E-state index is 0.388. The summed E-state index contributed by atoms with van der Waals surface area (Å²) < 4.78 is 0. The largest absolute Gasteiger partial charge is 0.508 e. The van der Waals surface area contributed by atoms with E-state index in [-0.39, 0.29) is 0 Å². The summed E-state index contributed by atoms with van der Waals surface area (Å²) in [5.74, 6) is 2.34. The standard InChI is InChI=1S/C18H24O/c1-2-17-8-13-6-14(9-17)11-18(10-13,12-17)15-4-3-5-16(19)7-15/h3-5,7,13-14,19H,2,6,8-12H2,1H3. The molecule has 2 atom stereocenters. The lowest BCUT2D eigenvalue weighted by atomic mass is 9.42. The molecule has 1 aromatic carbocycles. The van der Waals surface area contributed by atoms with Crippen molar-refractivity contribution in [3.63, 3.8) is 0 Å². The minimum Gasteiger partial charge on any atom is -0.508 e. The lowest BCUT2D eigenvalue weighted by Gasteiger charge is -2.62. The molecule has 1 N–H and O–H groups in total. The van der Waals surface area contributed by atoms with Crippen LogP contribution in [0.4, 0.5) is 0 Å². The van der Waals surface area contributed by atoms with E-state index in [2.05, 4.69) is 13.0 Å². The molecule has 4 saturated carbocycles. The second-order valence-electron chi connectivity index (χ2n) is 7.65. The zero-order chi connectivity index (χ0) is 13.1. The van der Waals surface area contributed by atoms with Crippen LogP contribution in [0.3, 0.4) is 0 Å². The van der Waals surface area contributed by atoms with Crippen molar-refractivity contribution in [1.29, 1.82) is 0 Å². The van der Waals surface area contributed by atoms with E-state index in [9.17, 15) is 5.11 Å². The quantitative estimate of drug-likeness (QED) is 0.817. The minimum absolute atomic E-state index is 0.388. The predicted molar refractivity (Wildman–Crippen MR) is 77.2 cm³/mol. The van der Waals surface area contributed by atoms with Crippen molar-refractivity contribution in [2.45, 2.75) is 57.3 Å². The highest BCUT2D eigenvalue weighted by molar-refractivity contribution is 5.35. The van der Waals surface area contributed by atoms with Crippen LogP contribution in [0.25, 0.3) is 0 Å². The van der Waals surface area contributed by atoms with Crippen LogP contribution in [0.2, 0.25) is 0 Å². The fraction of sp³-hybridized carbons (Fsp3) is 0.667. The van der Waals surface area contributed by atoms with Crippen LogP contribution in [-0.2, 0) is 5.41 Å². The monoisotopic (exact) mass is 256 g/mol. The second-order valence-corrected chi connectivity index (χ2v) is 7.65. The molecular formula is C18H24O. The van der Waals surface area contributed by atoms with Gasteiger partial charge in [-0.1, -0.05) is 25.5 Å². The first kappa shape index (κ1) is 11.8. The Hall–Kier alpha value is -0.980. The molecule has 0 aliphatic heterocycles. The van der Waals surface area contributed by atoms with E-state index in [0.717, 1.165) is 11.8 Å². The number of hydrogen-bond donors (Lipinski definition) is 1. The molecule has 0 heterocycles. The molecule has 19 heavy (non-hydrogen) atoms. The van der Waals surface area contributed by atoms with Crippen molar-refractivity contribution in [2.24, 2.45) is 17.3 Å². The molecule has 4 fully saturated rings. The third kappa shape index (κ3) is 1.67. The van der Waals surface area contributed by atoms with E-state index in [0.29, 0.717) is 16.6 Å². The molecule has 0 aromatic heterocycles. The topological polar surface area (TPSA) is 20.2 Å². The van der Waals surface area contributed by atoms with Crippen LogP contribution < -0.4 is 0 Å². The maximum Gasteiger partial charge on any atom is 0.115 e. The van der Waals surface area contributed by atoms with E-state index in [1.54, 1.807) is 6.07 Å². The predicted octanol–water partition coefficient (Wildman–Crippen LogP) is 4.64. The molecule has 4 aliphatic carbocycles. The summed E-state index contributed by atoms with van der Waals surface area (Å²) in [7, 11) is 0. The number of aromatic hydroxyl groups is 1. The molecule has 0 spiro atoms.